The zero-order valence-electron chi connectivity index (χ0n) is 12.9. The Balaban J connectivity index is 1.53. The van der Waals surface area contributed by atoms with E-state index in [0.29, 0.717) is 20.9 Å². The maximum absolute atomic E-state index is 5.95. The molecular formula is C17H14Cl2N4OS. The highest BCUT2D eigenvalue weighted by Crippen LogP contribution is 2.18. The van der Waals surface area contributed by atoms with E-state index in [0.717, 1.165) is 11.4 Å². The van der Waals surface area contributed by atoms with Crippen molar-refractivity contribution in [2.75, 3.05) is 10.6 Å². The number of nitrogens with zero attached hydrogens (tertiary/aromatic N) is 2. The Bertz CT molecular complexity index is 884. The average molecular weight is 393 g/mol. The zero-order valence-corrected chi connectivity index (χ0v) is 15.3. The number of aromatic nitrogens is 2. The van der Waals surface area contributed by atoms with E-state index in [1.807, 2.05) is 24.3 Å². The lowest BCUT2D eigenvalue weighted by Crippen LogP contribution is -2.18. The van der Waals surface area contributed by atoms with Crippen LogP contribution in [0.1, 0.15) is 0 Å². The van der Waals surface area contributed by atoms with Gasteiger partial charge in [-0.25, -0.2) is 4.68 Å². The predicted molar refractivity (Wildman–Crippen MR) is 106 cm³/mol. The number of thiocarbonyl (C=S) groups is 1. The van der Waals surface area contributed by atoms with Gasteiger partial charge < -0.3 is 15.4 Å². The molecule has 0 aliphatic heterocycles. The topological polar surface area (TPSA) is 51.1 Å². The van der Waals surface area contributed by atoms with Crippen molar-refractivity contribution < 1.29 is 4.74 Å². The quantitative estimate of drug-likeness (QED) is 0.595. The van der Waals surface area contributed by atoms with Crippen molar-refractivity contribution in [3.05, 3.63) is 71.0 Å². The fourth-order valence-corrected chi connectivity index (χ4v) is 2.66. The van der Waals surface area contributed by atoms with Gasteiger partial charge in [-0.15, -0.1) is 0 Å². The first-order valence-corrected chi connectivity index (χ1v) is 8.49. The third-order valence-electron chi connectivity index (χ3n) is 3.13. The van der Waals surface area contributed by atoms with Crippen LogP contribution in [0.3, 0.4) is 0 Å². The Morgan fingerprint density at radius 3 is 2.52 bits per heavy atom. The summed E-state index contributed by atoms with van der Waals surface area (Å²) in [5.41, 5.74) is 1.55. The maximum atomic E-state index is 5.95. The van der Waals surface area contributed by atoms with Crippen LogP contribution in [0, 0.1) is 0 Å². The molecule has 3 rings (SSSR count). The molecule has 0 saturated heterocycles. The van der Waals surface area contributed by atoms with E-state index in [4.69, 9.17) is 40.2 Å². The number of rotatable bonds is 5. The van der Waals surface area contributed by atoms with E-state index in [9.17, 15) is 0 Å². The number of hydrogen-bond donors (Lipinski definition) is 2. The van der Waals surface area contributed by atoms with E-state index < -0.39 is 0 Å². The summed E-state index contributed by atoms with van der Waals surface area (Å²) >= 11 is 17.1. The van der Waals surface area contributed by atoms with Gasteiger partial charge in [-0.3, -0.25) is 0 Å². The fraction of sp³-hybridized carbons (Fsp3) is 0.0588. The number of benzene rings is 2. The lowest BCUT2D eigenvalue weighted by atomic mass is 10.3. The molecule has 0 saturated carbocycles. The number of anilines is 2. The Hall–Kier alpha value is -2.28. The standard InChI is InChI=1S/C17H14Cl2N4OS/c18-12-3-1-5-14(7-12)21-17(25)22-15-9-20-23(10-15)11-24-16-6-2-4-13(19)8-16/h1-10H,11H2,(H2,21,22,25). The number of ether oxygens (including phenoxy) is 1. The Labute approximate surface area is 160 Å². The third-order valence-corrected chi connectivity index (χ3v) is 3.81. The smallest absolute Gasteiger partial charge is 0.180 e. The highest BCUT2D eigenvalue weighted by molar-refractivity contribution is 7.80. The van der Waals surface area contributed by atoms with Crippen molar-refractivity contribution in [3.8, 4) is 5.75 Å². The van der Waals surface area contributed by atoms with Gasteiger partial charge in [-0.2, -0.15) is 5.10 Å². The number of halogens is 2. The molecule has 3 aromatic rings. The second-order valence-corrected chi connectivity index (χ2v) is 6.37. The van der Waals surface area contributed by atoms with E-state index in [-0.39, 0.29) is 6.73 Å². The summed E-state index contributed by atoms with van der Waals surface area (Å²) < 4.78 is 7.27. The predicted octanol–water partition coefficient (Wildman–Crippen LogP) is 5.04. The van der Waals surface area contributed by atoms with Gasteiger partial charge in [0.2, 0.25) is 0 Å². The molecular weight excluding hydrogens is 379 g/mol. The summed E-state index contributed by atoms with van der Waals surface area (Å²) in [6, 6.07) is 14.5. The van der Waals surface area contributed by atoms with Gasteiger partial charge in [-0.1, -0.05) is 35.3 Å². The van der Waals surface area contributed by atoms with Crippen molar-refractivity contribution in [2.45, 2.75) is 6.73 Å². The molecule has 0 aliphatic rings. The van der Waals surface area contributed by atoms with Gasteiger partial charge >= 0.3 is 0 Å². The maximum Gasteiger partial charge on any atom is 0.180 e. The van der Waals surface area contributed by atoms with Crippen molar-refractivity contribution in [3.63, 3.8) is 0 Å². The number of nitrogens with one attached hydrogen (secondary N) is 2. The van der Waals surface area contributed by atoms with Crippen LogP contribution in [-0.4, -0.2) is 14.9 Å². The lowest BCUT2D eigenvalue weighted by Gasteiger charge is -2.09. The van der Waals surface area contributed by atoms with Gasteiger partial charge in [0, 0.05) is 15.7 Å². The summed E-state index contributed by atoms with van der Waals surface area (Å²) in [5, 5.41) is 12.0. The summed E-state index contributed by atoms with van der Waals surface area (Å²) in [4.78, 5) is 0. The lowest BCUT2D eigenvalue weighted by molar-refractivity contribution is 0.221. The molecule has 2 aromatic carbocycles. The van der Waals surface area contributed by atoms with E-state index >= 15 is 0 Å². The van der Waals surface area contributed by atoms with Gasteiger partial charge in [0.25, 0.3) is 0 Å². The monoisotopic (exact) mass is 392 g/mol. The summed E-state index contributed by atoms with van der Waals surface area (Å²) in [7, 11) is 0. The summed E-state index contributed by atoms with van der Waals surface area (Å²) in [5.74, 6) is 0.677. The van der Waals surface area contributed by atoms with Crippen molar-refractivity contribution in [1.82, 2.24) is 9.78 Å². The van der Waals surface area contributed by atoms with Crippen molar-refractivity contribution >= 4 is 51.9 Å². The molecule has 1 aromatic heterocycles. The second kappa shape index (κ2) is 8.20. The molecule has 0 unspecified atom stereocenters. The van der Waals surface area contributed by atoms with Crippen LogP contribution in [0.5, 0.6) is 5.75 Å². The minimum atomic E-state index is 0.260. The molecule has 0 fully saturated rings. The molecule has 0 bridgehead atoms. The van der Waals surface area contributed by atoms with Crippen LogP contribution in [0.4, 0.5) is 11.4 Å². The third kappa shape index (κ3) is 5.35. The van der Waals surface area contributed by atoms with Crippen LogP contribution in [0.15, 0.2) is 60.9 Å². The molecule has 0 amide bonds. The largest absolute Gasteiger partial charge is 0.471 e. The van der Waals surface area contributed by atoms with Crippen LogP contribution in [-0.2, 0) is 6.73 Å². The summed E-state index contributed by atoms with van der Waals surface area (Å²) in [6.45, 7) is 0.260. The highest BCUT2D eigenvalue weighted by atomic mass is 35.5. The first kappa shape index (κ1) is 17.5. The van der Waals surface area contributed by atoms with Crippen molar-refractivity contribution in [1.29, 1.82) is 0 Å². The Morgan fingerprint density at radius 1 is 1.04 bits per heavy atom. The Morgan fingerprint density at radius 2 is 1.76 bits per heavy atom. The van der Waals surface area contributed by atoms with E-state index in [1.54, 1.807) is 41.3 Å². The van der Waals surface area contributed by atoms with Crippen LogP contribution in [0.25, 0.3) is 0 Å². The molecule has 1 heterocycles. The van der Waals surface area contributed by atoms with Gasteiger partial charge in [0.15, 0.2) is 11.8 Å². The fourth-order valence-electron chi connectivity index (χ4n) is 2.06. The molecule has 8 heteroatoms. The van der Waals surface area contributed by atoms with Gasteiger partial charge in [0.05, 0.1) is 18.1 Å². The molecule has 25 heavy (non-hydrogen) atoms. The number of hydrogen-bond acceptors (Lipinski definition) is 3. The van der Waals surface area contributed by atoms with E-state index in [2.05, 4.69) is 15.7 Å². The van der Waals surface area contributed by atoms with Crippen LogP contribution < -0.4 is 15.4 Å². The minimum absolute atomic E-state index is 0.260. The SMILES string of the molecule is S=C(Nc1cccc(Cl)c1)Nc1cnn(COc2cccc(Cl)c2)c1. The van der Waals surface area contributed by atoms with Gasteiger partial charge in [0.1, 0.15) is 5.75 Å². The first-order valence-electron chi connectivity index (χ1n) is 7.33. The summed E-state index contributed by atoms with van der Waals surface area (Å²) in [6.07, 6.45) is 3.45. The first-order chi connectivity index (χ1) is 12.1. The molecule has 0 atom stereocenters. The van der Waals surface area contributed by atoms with Crippen molar-refractivity contribution in [2.24, 2.45) is 0 Å². The van der Waals surface area contributed by atoms with Gasteiger partial charge in [-0.05, 0) is 48.6 Å². The van der Waals surface area contributed by atoms with Crippen LogP contribution >= 0.6 is 35.4 Å². The molecule has 2 N–H and O–H groups in total. The highest BCUT2D eigenvalue weighted by Gasteiger charge is 2.03. The normalized spacial score (nSPS) is 10.3. The van der Waals surface area contributed by atoms with E-state index in [1.165, 1.54) is 0 Å². The Kier molecular flexibility index (Phi) is 5.75. The minimum Gasteiger partial charge on any atom is -0.471 e. The zero-order chi connectivity index (χ0) is 17.6. The molecule has 0 aliphatic carbocycles. The van der Waals surface area contributed by atoms with Crippen LogP contribution in [0.2, 0.25) is 10.0 Å². The average Bonchev–Trinajstić information content (AvgIpc) is 3.00. The molecule has 128 valence electrons. The molecule has 0 radical (unpaired) electrons. The molecule has 5 nitrogen and oxygen atoms in total. The second-order valence-electron chi connectivity index (χ2n) is 5.09. The molecule has 0 spiro atoms.